The number of hydrogen-bond donors (Lipinski definition) is 2. The minimum absolute atomic E-state index is 0.196. The first-order valence-corrected chi connectivity index (χ1v) is 9.45. The second-order valence-electron chi connectivity index (χ2n) is 6.83. The number of aromatic nitrogens is 1. The summed E-state index contributed by atoms with van der Waals surface area (Å²) < 4.78 is 5.14. The zero-order chi connectivity index (χ0) is 19.0. The molecule has 0 aliphatic rings. The highest BCUT2D eigenvalue weighted by Crippen LogP contribution is 2.14. The molecule has 1 aromatic carbocycles. The maximum atomic E-state index is 12.1. The van der Waals surface area contributed by atoms with E-state index in [9.17, 15) is 9.59 Å². The third kappa shape index (κ3) is 7.23. The highest BCUT2D eigenvalue weighted by molar-refractivity contribution is 7.09. The Morgan fingerprint density at radius 1 is 1.12 bits per heavy atom. The van der Waals surface area contributed by atoms with Gasteiger partial charge >= 0.3 is 6.09 Å². The fraction of sp³-hybridized carbons (Fsp3) is 0.421. The monoisotopic (exact) mass is 375 g/mol. The number of rotatable bonds is 7. The number of nitrogens with zero attached hydrogens (tertiary/aromatic N) is 1. The zero-order valence-electron chi connectivity index (χ0n) is 15.4. The first kappa shape index (κ1) is 19.9. The molecule has 140 valence electrons. The van der Waals surface area contributed by atoms with Gasteiger partial charge in [0.05, 0.1) is 5.01 Å². The van der Waals surface area contributed by atoms with Gasteiger partial charge in [-0.15, -0.1) is 11.3 Å². The molecule has 0 spiro atoms. The highest BCUT2D eigenvalue weighted by Gasteiger charge is 2.15. The Morgan fingerprint density at radius 2 is 1.81 bits per heavy atom. The summed E-state index contributed by atoms with van der Waals surface area (Å²) >= 11 is 1.48. The summed E-state index contributed by atoms with van der Waals surface area (Å²) in [7, 11) is 0. The van der Waals surface area contributed by atoms with E-state index in [1.54, 1.807) is 5.38 Å². The van der Waals surface area contributed by atoms with E-state index in [1.807, 2.05) is 51.1 Å². The second kappa shape index (κ2) is 9.33. The molecule has 0 atom stereocenters. The number of carbonyl (C=O) groups excluding carboxylic acids is 2. The summed E-state index contributed by atoms with van der Waals surface area (Å²) in [6, 6.07) is 10.0. The summed E-state index contributed by atoms with van der Waals surface area (Å²) in [5, 5.41) is 8.15. The number of amides is 2. The van der Waals surface area contributed by atoms with E-state index in [-0.39, 0.29) is 5.91 Å². The number of hydrogen-bond acceptors (Lipinski definition) is 5. The van der Waals surface area contributed by atoms with Gasteiger partial charge in [-0.25, -0.2) is 9.78 Å². The maximum Gasteiger partial charge on any atom is 0.407 e. The van der Waals surface area contributed by atoms with Crippen molar-refractivity contribution in [2.24, 2.45) is 0 Å². The predicted molar refractivity (Wildman–Crippen MR) is 103 cm³/mol. The second-order valence-corrected chi connectivity index (χ2v) is 7.77. The Balaban J connectivity index is 1.68. The molecule has 0 aliphatic carbocycles. The molecule has 2 rings (SSSR count). The minimum Gasteiger partial charge on any atom is -0.444 e. The van der Waals surface area contributed by atoms with Crippen LogP contribution in [0.4, 0.5) is 4.79 Å². The van der Waals surface area contributed by atoms with Gasteiger partial charge in [0, 0.05) is 24.9 Å². The van der Waals surface area contributed by atoms with Crippen LogP contribution in [0.3, 0.4) is 0 Å². The van der Waals surface area contributed by atoms with Crippen molar-refractivity contribution in [3.05, 3.63) is 52.0 Å². The molecular formula is C19H25N3O3S. The van der Waals surface area contributed by atoms with Gasteiger partial charge in [-0.3, -0.25) is 4.79 Å². The number of nitrogens with one attached hydrogen (secondary N) is 2. The van der Waals surface area contributed by atoms with Crippen molar-refractivity contribution in [2.75, 3.05) is 13.1 Å². The van der Waals surface area contributed by atoms with Gasteiger partial charge in [0.15, 0.2) is 0 Å². The predicted octanol–water partition coefficient (Wildman–Crippen LogP) is 3.38. The molecule has 7 heteroatoms. The number of ether oxygens (including phenoxy) is 1. The van der Waals surface area contributed by atoms with E-state index in [1.165, 1.54) is 16.9 Å². The molecule has 1 heterocycles. The standard InChI is InChI=1S/C19H25N3O3S/c1-19(2,3)25-18(24)21-11-7-10-20-17(23)15-13-26-16(22-15)12-14-8-5-4-6-9-14/h4-6,8-9,13H,7,10-12H2,1-3H3,(H,20,23)(H,21,24). The number of thiazole rings is 1. The molecular weight excluding hydrogens is 350 g/mol. The Morgan fingerprint density at radius 3 is 2.50 bits per heavy atom. The quantitative estimate of drug-likeness (QED) is 0.727. The molecule has 2 N–H and O–H groups in total. The van der Waals surface area contributed by atoms with Crippen LogP contribution in [0.2, 0.25) is 0 Å². The van der Waals surface area contributed by atoms with Crippen LogP contribution in [0, 0.1) is 0 Å². The molecule has 0 unspecified atom stereocenters. The van der Waals surface area contributed by atoms with Crippen molar-refractivity contribution in [2.45, 2.75) is 39.2 Å². The van der Waals surface area contributed by atoms with Gasteiger partial charge < -0.3 is 15.4 Å². The Kier molecular flexibility index (Phi) is 7.15. The molecule has 6 nitrogen and oxygen atoms in total. The summed E-state index contributed by atoms with van der Waals surface area (Å²) in [6.07, 6.45) is 0.888. The lowest BCUT2D eigenvalue weighted by molar-refractivity contribution is 0.0527. The largest absolute Gasteiger partial charge is 0.444 e. The van der Waals surface area contributed by atoms with Gasteiger partial charge in [0.25, 0.3) is 5.91 Å². The first-order chi connectivity index (χ1) is 12.3. The topological polar surface area (TPSA) is 80.3 Å². The highest BCUT2D eigenvalue weighted by atomic mass is 32.1. The van der Waals surface area contributed by atoms with Crippen LogP contribution in [0.1, 0.15) is 48.3 Å². The third-order valence-corrected chi connectivity index (χ3v) is 4.14. The average Bonchev–Trinajstić information content (AvgIpc) is 3.02. The fourth-order valence-electron chi connectivity index (χ4n) is 2.15. The molecule has 2 aromatic rings. The van der Waals surface area contributed by atoms with Crippen LogP contribution < -0.4 is 10.6 Å². The van der Waals surface area contributed by atoms with Crippen LogP contribution in [-0.4, -0.2) is 35.7 Å². The van der Waals surface area contributed by atoms with Crippen molar-refractivity contribution in [1.82, 2.24) is 15.6 Å². The van der Waals surface area contributed by atoms with E-state index < -0.39 is 11.7 Å². The lowest BCUT2D eigenvalue weighted by atomic mass is 10.2. The number of alkyl carbamates (subject to hydrolysis) is 1. The zero-order valence-corrected chi connectivity index (χ0v) is 16.2. The number of carbonyl (C=O) groups is 2. The minimum atomic E-state index is -0.514. The van der Waals surface area contributed by atoms with Crippen molar-refractivity contribution >= 4 is 23.3 Å². The van der Waals surface area contributed by atoms with Gasteiger partial charge in [-0.1, -0.05) is 30.3 Å². The molecule has 0 radical (unpaired) electrons. The van der Waals surface area contributed by atoms with E-state index in [0.717, 1.165) is 11.4 Å². The Hall–Kier alpha value is -2.41. The molecule has 1 aromatic heterocycles. The molecule has 2 amide bonds. The van der Waals surface area contributed by atoms with Crippen molar-refractivity contribution < 1.29 is 14.3 Å². The molecule has 26 heavy (non-hydrogen) atoms. The smallest absolute Gasteiger partial charge is 0.407 e. The van der Waals surface area contributed by atoms with E-state index in [4.69, 9.17) is 4.74 Å². The van der Waals surface area contributed by atoms with E-state index in [0.29, 0.717) is 25.2 Å². The van der Waals surface area contributed by atoms with E-state index >= 15 is 0 Å². The lowest BCUT2D eigenvalue weighted by Gasteiger charge is -2.19. The summed E-state index contributed by atoms with van der Waals surface area (Å²) in [5.41, 5.74) is 1.09. The van der Waals surface area contributed by atoms with E-state index in [2.05, 4.69) is 15.6 Å². The maximum absolute atomic E-state index is 12.1. The normalized spacial score (nSPS) is 11.0. The van der Waals surface area contributed by atoms with Crippen LogP contribution in [0.15, 0.2) is 35.7 Å². The van der Waals surface area contributed by atoms with Crippen LogP contribution >= 0.6 is 11.3 Å². The van der Waals surface area contributed by atoms with Gasteiger partial charge in [0.1, 0.15) is 11.3 Å². The fourth-order valence-corrected chi connectivity index (χ4v) is 2.96. The average molecular weight is 375 g/mol. The van der Waals surface area contributed by atoms with Crippen LogP contribution in [0.25, 0.3) is 0 Å². The Labute approximate surface area is 158 Å². The van der Waals surface area contributed by atoms with Crippen molar-refractivity contribution in [1.29, 1.82) is 0 Å². The molecule has 0 aliphatic heterocycles. The van der Waals surface area contributed by atoms with Crippen molar-refractivity contribution in [3.8, 4) is 0 Å². The molecule has 0 saturated heterocycles. The molecule has 0 bridgehead atoms. The van der Waals surface area contributed by atoms with Gasteiger partial charge in [-0.05, 0) is 32.8 Å². The summed E-state index contributed by atoms with van der Waals surface area (Å²) in [4.78, 5) is 28.0. The van der Waals surface area contributed by atoms with Gasteiger partial charge in [-0.2, -0.15) is 0 Å². The number of benzene rings is 1. The Bertz CT molecular complexity index is 723. The van der Waals surface area contributed by atoms with Crippen LogP contribution in [-0.2, 0) is 11.2 Å². The van der Waals surface area contributed by atoms with Crippen molar-refractivity contribution in [3.63, 3.8) is 0 Å². The SMILES string of the molecule is CC(C)(C)OC(=O)NCCCNC(=O)c1csc(Cc2ccccc2)n1. The first-order valence-electron chi connectivity index (χ1n) is 8.57. The molecule has 0 fully saturated rings. The lowest BCUT2D eigenvalue weighted by Crippen LogP contribution is -2.34. The van der Waals surface area contributed by atoms with Crippen LogP contribution in [0.5, 0.6) is 0 Å². The third-order valence-electron chi connectivity index (χ3n) is 3.29. The summed E-state index contributed by atoms with van der Waals surface area (Å²) in [6.45, 7) is 6.33. The summed E-state index contributed by atoms with van der Waals surface area (Å²) in [5.74, 6) is -0.196. The molecule has 0 saturated carbocycles. The van der Waals surface area contributed by atoms with Gasteiger partial charge in [0.2, 0.25) is 0 Å².